The van der Waals surface area contributed by atoms with Crippen LogP contribution in [0.3, 0.4) is 0 Å². The van der Waals surface area contributed by atoms with Crippen LogP contribution in [0, 0.1) is 0 Å². The molecule has 0 spiro atoms. The summed E-state index contributed by atoms with van der Waals surface area (Å²) in [6.45, 7) is 5.10. The number of thiazole rings is 1. The van der Waals surface area contributed by atoms with Crippen molar-refractivity contribution in [2.45, 2.75) is 25.3 Å². The molecule has 2 aromatic carbocycles. The highest BCUT2D eigenvalue weighted by molar-refractivity contribution is 7.91. The zero-order chi connectivity index (χ0) is 20.6. The highest BCUT2D eigenvalue weighted by Gasteiger charge is 2.21. The topological polar surface area (TPSA) is 87.0 Å². The Morgan fingerprint density at radius 3 is 2.52 bits per heavy atom. The second-order valence-corrected chi connectivity index (χ2v) is 9.66. The quantitative estimate of drug-likeness (QED) is 0.632. The molecule has 0 aliphatic carbocycles. The van der Waals surface area contributed by atoms with E-state index < -0.39 is 15.7 Å². The van der Waals surface area contributed by atoms with Gasteiger partial charge in [-0.1, -0.05) is 30.4 Å². The van der Waals surface area contributed by atoms with Crippen LogP contribution in [-0.2, 0) is 16.4 Å². The predicted molar refractivity (Wildman–Crippen MR) is 111 cm³/mol. The summed E-state index contributed by atoms with van der Waals surface area (Å²) in [5, 5.41) is 0. The van der Waals surface area contributed by atoms with Crippen LogP contribution in [0.4, 0.5) is 0 Å². The molecule has 1 aliphatic heterocycles. The number of rotatable bonds is 4. The van der Waals surface area contributed by atoms with E-state index in [1.54, 1.807) is 19.1 Å². The van der Waals surface area contributed by atoms with Gasteiger partial charge < -0.3 is 14.0 Å². The average Bonchev–Trinajstić information content (AvgIpc) is 3.07. The van der Waals surface area contributed by atoms with Gasteiger partial charge in [0.15, 0.2) is 26.1 Å². The summed E-state index contributed by atoms with van der Waals surface area (Å²) in [4.78, 5) is 17.7. The first kappa shape index (κ1) is 19.7. The maximum atomic E-state index is 12.9. The smallest absolute Gasteiger partial charge is 0.280 e. The van der Waals surface area contributed by atoms with Gasteiger partial charge in [0.25, 0.3) is 5.91 Å². The molecule has 3 aromatic rings. The summed E-state index contributed by atoms with van der Waals surface area (Å²) < 4.78 is 38.9. The summed E-state index contributed by atoms with van der Waals surface area (Å²) in [5.41, 5.74) is 0.975. The van der Waals surface area contributed by atoms with Crippen molar-refractivity contribution in [1.82, 2.24) is 4.57 Å². The Hall–Kier alpha value is -2.65. The van der Waals surface area contributed by atoms with Gasteiger partial charge in [-0.05, 0) is 19.1 Å². The molecule has 7 nitrogen and oxygen atoms in total. The van der Waals surface area contributed by atoms with E-state index in [1.807, 2.05) is 23.6 Å². The molecular weight excluding hydrogens is 412 g/mol. The van der Waals surface area contributed by atoms with E-state index in [-0.39, 0.29) is 16.2 Å². The van der Waals surface area contributed by atoms with E-state index in [2.05, 4.69) is 4.99 Å². The minimum atomic E-state index is -3.53. The minimum absolute atomic E-state index is 0.0117. The second-order valence-electron chi connectivity index (χ2n) is 6.41. The number of nitrogens with zero attached hydrogens (tertiary/aromatic N) is 2. The maximum absolute atomic E-state index is 12.9. The van der Waals surface area contributed by atoms with E-state index >= 15 is 0 Å². The van der Waals surface area contributed by atoms with Crippen LogP contribution in [0.5, 0.6) is 11.5 Å². The Balaban J connectivity index is 1.86. The lowest BCUT2D eigenvalue weighted by Gasteiger charge is -2.18. The molecule has 152 valence electrons. The third-order valence-electron chi connectivity index (χ3n) is 4.69. The van der Waals surface area contributed by atoms with Crippen molar-refractivity contribution < 1.29 is 22.7 Å². The van der Waals surface area contributed by atoms with E-state index in [0.29, 0.717) is 36.1 Å². The lowest BCUT2D eigenvalue weighted by atomic mass is 10.2. The van der Waals surface area contributed by atoms with Crippen molar-refractivity contribution >= 4 is 37.3 Å². The van der Waals surface area contributed by atoms with Crippen molar-refractivity contribution in [2.24, 2.45) is 4.99 Å². The summed E-state index contributed by atoms with van der Waals surface area (Å²) in [7, 11) is -3.53. The fraction of sp³-hybridized carbons (Fsp3) is 0.300. The number of hydrogen-bond acceptors (Lipinski definition) is 6. The summed E-state index contributed by atoms with van der Waals surface area (Å²) in [6.07, 6.45) is 0. The lowest BCUT2D eigenvalue weighted by Crippen LogP contribution is -2.18. The first-order valence-corrected chi connectivity index (χ1v) is 11.7. The predicted octanol–water partition coefficient (Wildman–Crippen LogP) is 3.03. The number of aryl methyl sites for hydroxylation is 1. The van der Waals surface area contributed by atoms with Gasteiger partial charge in [-0.2, -0.15) is 4.99 Å². The van der Waals surface area contributed by atoms with Crippen molar-refractivity contribution in [3.8, 4) is 11.5 Å². The molecule has 29 heavy (non-hydrogen) atoms. The standard InChI is InChI=1S/C20H20N2O5S2/c1-3-22-14-11-15-16(27-10-9-26-15)12-17(14)28-20(22)21-19(23)13-7-5-6-8-18(13)29(24,25)4-2/h5-8,11-12H,3-4,9-10H2,1-2H3. The first-order chi connectivity index (χ1) is 13.9. The molecule has 0 N–H and O–H groups in total. The fourth-order valence-corrected chi connectivity index (χ4v) is 5.40. The van der Waals surface area contributed by atoms with Crippen LogP contribution in [0.1, 0.15) is 24.2 Å². The van der Waals surface area contributed by atoms with E-state index in [9.17, 15) is 13.2 Å². The average molecular weight is 433 g/mol. The van der Waals surface area contributed by atoms with Crippen LogP contribution >= 0.6 is 11.3 Å². The zero-order valence-corrected chi connectivity index (χ0v) is 17.7. The van der Waals surface area contributed by atoms with Crippen LogP contribution in [0.2, 0.25) is 0 Å². The summed E-state index contributed by atoms with van der Waals surface area (Å²) in [5.74, 6) is 0.677. The molecule has 1 aromatic heterocycles. The van der Waals surface area contributed by atoms with Crippen LogP contribution < -0.4 is 14.3 Å². The van der Waals surface area contributed by atoms with Gasteiger partial charge in [0.1, 0.15) is 13.2 Å². The molecule has 0 bridgehead atoms. The Labute approximate surface area is 172 Å². The third kappa shape index (κ3) is 3.56. The molecule has 9 heteroatoms. The third-order valence-corrected chi connectivity index (χ3v) is 7.52. The highest BCUT2D eigenvalue weighted by atomic mass is 32.2. The van der Waals surface area contributed by atoms with Crippen LogP contribution in [0.15, 0.2) is 46.3 Å². The van der Waals surface area contributed by atoms with E-state index in [4.69, 9.17) is 9.47 Å². The van der Waals surface area contributed by atoms with E-state index in [0.717, 1.165) is 10.2 Å². The maximum Gasteiger partial charge on any atom is 0.280 e. The SMILES string of the molecule is CCn1c(=NC(=O)c2ccccc2S(=O)(=O)CC)sc2cc3c(cc21)OCCO3. The molecule has 1 aliphatic rings. The van der Waals surface area contributed by atoms with Crippen molar-refractivity contribution in [3.05, 3.63) is 46.8 Å². The van der Waals surface area contributed by atoms with Crippen molar-refractivity contribution in [3.63, 3.8) is 0 Å². The molecule has 1 amide bonds. The summed E-state index contributed by atoms with van der Waals surface area (Å²) in [6, 6.07) is 9.97. The lowest BCUT2D eigenvalue weighted by molar-refractivity contribution is 0.0994. The molecule has 0 saturated heterocycles. The van der Waals surface area contributed by atoms with E-state index in [1.165, 1.54) is 23.5 Å². The van der Waals surface area contributed by atoms with Crippen molar-refractivity contribution in [1.29, 1.82) is 0 Å². The Morgan fingerprint density at radius 1 is 1.14 bits per heavy atom. The number of fused-ring (bicyclic) bond motifs is 2. The van der Waals surface area contributed by atoms with Gasteiger partial charge in [0, 0.05) is 18.7 Å². The molecule has 4 rings (SSSR count). The Bertz CT molecular complexity index is 1270. The Kier molecular flexibility index (Phi) is 5.18. The van der Waals surface area contributed by atoms with Gasteiger partial charge in [-0.15, -0.1) is 0 Å². The molecule has 0 saturated carbocycles. The molecule has 0 unspecified atom stereocenters. The molecule has 0 fully saturated rings. The first-order valence-electron chi connectivity index (χ1n) is 9.28. The second kappa shape index (κ2) is 7.64. The number of hydrogen-bond donors (Lipinski definition) is 0. The monoisotopic (exact) mass is 432 g/mol. The van der Waals surface area contributed by atoms with Gasteiger partial charge in [-0.25, -0.2) is 8.42 Å². The molecule has 0 atom stereocenters. The number of carbonyl (C=O) groups is 1. The molecule has 0 radical (unpaired) electrons. The molecule has 2 heterocycles. The van der Waals surface area contributed by atoms with Gasteiger partial charge in [-0.3, -0.25) is 4.79 Å². The number of sulfone groups is 1. The van der Waals surface area contributed by atoms with Gasteiger partial charge >= 0.3 is 0 Å². The fourth-order valence-electron chi connectivity index (χ4n) is 3.21. The summed E-state index contributed by atoms with van der Waals surface area (Å²) >= 11 is 1.35. The Morgan fingerprint density at radius 2 is 1.83 bits per heavy atom. The van der Waals surface area contributed by atoms with Crippen LogP contribution in [0.25, 0.3) is 10.2 Å². The number of carbonyl (C=O) groups excluding carboxylic acids is 1. The van der Waals surface area contributed by atoms with Gasteiger partial charge in [0.05, 0.1) is 26.4 Å². The largest absolute Gasteiger partial charge is 0.486 e. The van der Waals surface area contributed by atoms with Gasteiger partial charge in [0.2, 0.25) is 0 Å². The highest BCUT2D eigenvalue weighted by Crippen LogP contribution is 2.35. The number of ether oxygens (including phenoxy) is 2. The molecular formula is C20H20N2O5S2. The normalized spacial score (nSPS) is 14.3. The number of benzene rings is 2. The minimum Gasteiger partial charge on any atom is -0.486 e. The van der Waals surface area contributed by atoms with Crippen molar-refractivity contribution in [2.75, 3.05) is 19.0 Å². The van der Waals surface area contributed by atoms with Crippen LogP contribution in [-0.4, -0.2) is 37.9 Å². The number of aromatic nitrogens is 1. The number of amides is 1. The zero-order valence-electron chi connectivity index (χ0n) is 16.0.